The van der Waals surface area contributed by atoms with Crippen LogP contribution < -0.4 is 4.90 Å². The lowest BCUT2D eigenvalue weighted by Gasteiger charge is -2.31. The van der Waals surface area contributed by atoms with Crippen LogP contribution in [0.15, 0.2) is 10.7 Å². The van der Waals surface area contributed by atoms with Crippen LogP contribution in [-0.4, -0.2) is 30.8 Å². The van der Waals surface area contributed by atoms with E-state index in [-0.39, 0.29) is 0 Å². The number of nitrogens with zero attached hydrogens (tertiary/aromatic N) is 2. The molecule has 1 aromatic rings. The van der Waals surface area contributed by atoms with Crippen molar-refractivity contribution >= 4 is 6.01 Å². The highest BCUT2D eigenvalue weighted by Gasteiger charge is 2.22. The topological polar surface area (TPSA) is 38.5 Å². The number of hydrogen-bond acceptors (Lipinski definition) is 4. The number of hydrogen-bond donors (Lipinski definition) is 0. The van der Waals surface area contributed by atoms with Gasteiger partial charge in [-0.25, -0.2) is 0 Å². The van der Waals surface area contributed by atoms with Gasteiger partial charge in [-0.2, -0.15) is 4.98 Å². The third-order valence-corrected chi connectivity index (χ3v) is 2.22. The van der Waals surface area contributed by atoms with Crippen LogP contribution in [0.5, 0.6) is 0 Å². The molecular formula is C11H20N2O2. The van der Waals surface area contributed by atoms with E-state index < -0.39 is 0 Å². The number of morpholine rings is 1. The summed E-state index contributed by atoms with van der Waals surface area (Å²) in [6.07, 6.45) is 1.68. The van der Waals surface area contributed by atoms with Gasteiger partial charge in [-0.3, -0.25) is 0 Å². The number of aromatic nitrogens is 1. The molecule has 1 atom stereocenters. The Hall–Kier alpha value is -1.03. The van der Waals surface area contributed by atoms with E-state index in [4.69, 9.17) is 9.15 Å². The molecule has 0 aromatic carbocycles. The zero-order chi connectivity index (χ0) is 11.3. The molecule has 1 aromatic heterocycles. The standard InChI is InChI=1S/C9H14N2O2.C2H6/c1-7-5-13-9(10-7)11-3-4-12-6-8(11)2;1-2/h5,8H,3-4,6H2,1-2H3;1-2H3. The molecular weight excluding hydrogens is 192 g/mol. The Morgan fingerprint density at radius 1 is 1.47 bits per heavy atom. The lowest BCUT2D eigenvalue weighted by molar-refractivity contribution is 0.0961. The van der Waals surface area contributed by atoms with Crippen molar-refractivity contribution in [3.63, 3.8) is 0 Å². The summed E-state index contributed by atoms with van der Waals surface area (Å²) in [6, 6.07) is 1.07. The lowest BCUT2D eigenvalue weighted by atomic mass is 10.3. The van der Waals surface area contributed by atoms with Crippen LogP contribution in [-0.2, 0) is 4.74 Å². The Balaban J connectivity index is 0.000000531. The Labute approximate surface area is 91.2 Å². The fourth-order valence-corrected chi connectivity index (χ4v) is 1.48. The smallest absolute Gasteiger partial charge is 0.297 e. The van der Waals surface area contributed by atoms with Crippen molar-refractivity contribution in [3.05, 3.63) is 12.0 Å². The zero-order valence-electron chi connectivity index (χ0n) is 9.99. The number of aryl methyl sites for hydroxylation is 1. The molecule has 0 saturated carbocycles. The van der Waals surface area contributed by atoms with Crippen LogP contribution >= 0.6 is 0 Å². The van der Waals surface area contributed by atoms with E-state index in [1.54, 1.807) is 6.26 Å². The van der Waals surface area contributed by atoms with Crippen molar-refractivity contribution in [2.75, 3.05) is 24.7 Å². The minimum atomic E-state index is 0.354. The third-order valence-electron chi connectivity index (χ3n) is 2.22. The van der Waals surface area contributed by atoms with Gasteiger partial charge in [0.05, 0.1) is 24.9 Å². The molecule has 0 N–H and O–H groups in total. The summed E-state index contributed by atoms with van der Waals surface area (Å²) in [5.74, 6) is 0. The van der Waals surface area contributed by atoms with E-state index in [0.29, 0.717) is 12.1 Å². The molecule has 1 aliphatic heterocycles. The van der Waals surface area contributed by atoms with Crippen molar-refractivity contribution in [1.82, 2.24) is 4.98 Å². The van der Waals surface area contributed by atoms with E-state index in [1.165, 1.54) is 0 Å². The molecule has 15 heavy (non-hydrogen) atoms. The summed E-state index contributed by atoms with van der Waals surface area (Å²) in [5.41, 5.74) is 0.925. The van der Waals surface area contributed by atoms with Crippen LogP contribution in [0.2, 0.25) is 0 Å². The van der Waals surface area contributed by atoms with E-state index in [9.17, 15) is 0 Å². The summed E-state index contributed by atoms with van der Waals surface area (Å²) in [6.45, 7) is 10.4. The largest absolute Gasteiger partial charge is 0.432 e. The number of oxazole rings is 1. The molecule has 1 aliphatic rings. The fraction of sp³-hybridized carbons (Fsp3) is 0.727. The van der Waals surface area contributed by atoms with Gasteiger partial charge in [-0.05, 0) is 13.8 Å². The highest BCUT2D eigenvalue weighted by Crippen LogP contribution is 2.18. The van der Waals surface area contributed by atoms with E-state index >= 15 is 0 Å². The predicted molar refractivity (Wildman–Crippen MR) is 60.2 cm³/mol. The SMILES string of the molecule is CC.Cc1coc(N2CCOCC2C)n1. The second kappa shape index (κ2) is 5.75. The third kappa shape index (κ3) is 2.96. The van der Waals surface area contributed by atoms with Crippen LogP contribution in [0.25, 0.3) is 0 Å². The molecule has 2 rings (SSSR count). The Morgan fingerprint density at radius 3 is 2.73 bits per heavy atom. The van der Waals surface area contributed by atoms with Crippen molar-refractivity contribution in [1.29, 1.82) is 0 Å². The minimum absolute atomic E-state index is 0.354. The molecule has 86 valence electrons. The zero-order valence-corrected chi connectivity index (χ0v) is 9.99. The highest BCUT2D eigenvalue weighted by atomic mass is 16.5. The molecule has 4 nitrogen and oxygen atoms in total. The lowest BCUT2D eigenvalue weighted by Crippen LogP contribution is -2.43. The maximum atomic E-state index is 5.33. The van der Waals surface area contributed by atoms with Gasteiger partial charge < -0.3 is 14.1 Å². The van der Waals surface area contributed by atoms with Crippen LogP contribution in [0, 0.1) is 6.92 Å². The van der Waals surface area contributed by atoms with Crippen molar-refractivity contribution in [2.24, 2.45) is 0 Å². The number of ether oxygens (including phenoxy) is 1. The van der Waals surface area contributed by atoms with Crippen molar-refractivity contribution < 1.29 is 9.15 Å². The maximum Gasteiger partial charge on any atom is 0.297 e. The van der Waals surface area contributed by atoms with Gasteiger partial charge >= 0.3 is 0 Å². The van der Waals surface area contributed by atoms with Gasteiger partial charge in [0.25, 0.3) is 6.01 Å². The average molecular weight is 212 g/mol. The van der Waals surface area contributed by atoms with Gasteiger partial charge in [0.2, 0.25) is 0 Å². The van der Waals surface area contributed by atoms with Crippen LogP contribution in [0.1, 0.15) is 26.5 Å². The molecule has 2 heterocycles. The van der Waals surface area contributed by atoms with Gasteiger partial charge in [-0.15, -0.1) is 0 Å². The van der Waals surface area contributed by atoms with E-state index in [2.05, 4.69) is 16.8 Å². The molecule has 0 aliphatic carbocycles. The highest BCUT2D eigenvalue weighted by molar-refractivity contribution is 5.29. The van der Waals surface area contributed by atoms with Crippen molar-refractivity contribution in [3.8, 4) is 0 Å². The average Bonchev–Trinajstić information content (AvgIpc) is 2.68. The van der Waals surface area contributed by atoms with Gasteiger partial charge in [-0.1, -0.05) is 13.8 Å². The summed E-state index contributed by atoms with van der Waals surface area (Å²) < 4.78 is 10.7. The maximum absolute atomic E-state index is 5.33. The molecule has 0 bridgehead atoms. The molecule has 0 radical (unpaired) electrons. The monoisotopic (exact) mass is 212 g/mol. The summed E-state index contributed by atoms with van der Waals surface area (Å²) in [5, 5.41) is 0. The van der Waals surface area contributed by atoms with Gasteiger partial charge in [0.15, 0.2) is 0 Å². The molecule has 1 saturated heterocycles. The fourth-order valence-electron chi connectivity index (χ4n) is 1.48. The Bertz CT molecular complexity index is 286. The Kier molecular flexibility index (Phi) is 4.62. The summed E-state index contributed by atoms with van der Waals surface area (Å²) in [7, 11) is 0. The first kappa shape index (κ1) is 12.0. The molecule has 1 fully saturated rings. The quantitative estimate of drug-likeness (QED) is 0.715. The van der Waals surface area contributed by atoms with E-state index in [1.807, 2.05) is 20.8 Å². The molecule has 4 heteroatoms. The normalized spacial score (nSPS) is 20.8. The first-order valence-corrected chi connectivity index (χ1v) is 5.54. The summed E-state index contributed by atoms with van der Waals surface area (Å²) in [4.78, 5) is 6.42. The second-order valence-electron chi connectivity index (χ2n) is 3.39. The number of anilines is 1. The molecule has 1 unspecified atom stereocenters. The van der Waals surface area contributed by atoms with Gasteiger partial charge in [0, 0.05) is 6.54 Å². The minimum Gasteiger partial charge on any atom is -0.432 e. The summed E-state index contributed by atoms with van der Waals surface area (Å²) >= 11 is 0. The second-order valence-corrected chi connectivity index (χ2v) is 3.39. The molecule has 0 spiro atoms. The molecule has 0 amide bonds. The predicted octanol–water partition coefficient (Wildman–Crippen LogP) is 2.23. The first-order chi connectivity index (χ1) is 7.27. The van der Waals surface area contributed by atoms with Crippen molar-refractivity contribution in [2.45, 2.75) is 33.7 Å². The Morgan fingerprint density at radius 2 is 2.20 bits per heavy atom. The first-order valence-electron chi connectivity index (χ1n) is 5.54. The van der Waals surface area contributed by atoms with Crippen LogP contribution in [0.3, 0.4) is 0 Å². The number of rotatable bonds is 1. The van der Waals surface area contributed by atoms with Crippen LogP contribution in [0.4, 0.5) is 6.01 Å². The van der Waals surface area contributed by atoms with Gasteiger partial charge in [0.1, 0.15) is 6.26 Å². The van der Waals surface area contributed by atoms with E-state index in [0.717, 1.165) is 25.5 Å².